The number of ether oxygens (including phenoxy) is 2. The molecular formula is C22H47NO5S. The second kappa shape index (κ2) is 20.5. The van der Waals surface area contributed by atoms with E-state index in [0.29, 0.717) is 32.5 Å². The quantitative estimate of drug-likeness (QED) is 0.294. The Kier molecular flexibility index (Phi) is 23.2. The molecule has 0 aromatic carbocycles. The molecule has 0 amide bonds. The van der Waals surface area contributed by atoms with E-state index in [4.69, 9.17) is 14.6 Å². The van der Waals surface area contributed by atoms with E-state index in [-0.39, 0.29) is 5.97 Å². The fourth-order valence-electron chi connectivity index (χ4n) is 1.93. The number of carbonyl (C=O) groups is 2. The standard InChI is InChI=1S/C13H25NO3S.C4H8O2.C3H8.C2H6/c1-5-8-14-18-13(6-9-16-10-7-13)11(15)17-12(2,3)4;1-2-3-4(5)6;1-3-2;1-2/h14H,5-10H2,1-4H3;2-3H2,1H3,(H,5,6);3H2,1-2H3;1-2H3. The van der Waals surface area contributed by atoms with Crippen LogP contribution in [0.4, 0.5) is 0 Å². The summed E-state index contributed by atoms with van der Waals surface area (Å²) in [5, 5.41) is 7.91. The first-order valence-corrected chi connectivity index (χ1v) is 11.8. The van der Waals surface area contributed by atoms with Gasteiger partial charge in [-0.25, -0.2) is 0 Å². The summed E-state index contributed by atoms with van der Waals surface area (Å²) < 4.78 is 13.7. The molecule has 0 spiro atoms. The normalized spacial score (nSPS) is 14.7. The molecule has 1 rings (SSSR count). The molecule has 0 aliphatic carbocycles. The van der Waals surface area contributed by atoms with Crippen molar-refractivity contribution in [1.82, 2.24) is 4.72 Å². The second-order valence-electron chi connectivity index (χ2n) is 7.46. The fourth-order valence-corrected chi connectivity index (χ4v) is 3.00. The molecule has 1 heterocycles. The van der Waals surface area contributed by atoms with Crippen LogP contribution in [-0.2, 0) is 19.1 Å². The summed E-state index contributed by atoms with van der Waals surface area (Å²) in [6.07, 6.45) is 4.75. The highest BCUT2D eigenvalue weighted by atomic mass is 32.2. The SMILES string of the molecule is CC.CCC.CCCC(=O)O.CCCNSC1(C(=O)OC(C)(C)C)CCOCC1. The van der Waals surface area contributed by atoms with Gasteiger partial charge in [0.1, 0.15) is 10.3 Å². The van der Waals surface area contributed by atoms with Crippen LogP contribution < -0.4 is 4.72 Å². The van der Waals surface area contributed by atoms with Gasteiger partial charge in [-0.1, -0.05) is 59.9 Å². The molecule has 1 fully saturated rings. The maximum atomic E-state index is 12.4. The number of aliphatic carboxylic acids is 1. The van der Waals surface area contributed by atoms with E-state index < -0.39 is 16.3 Å². The molecule has 2 N–H and O–H groups in total. The number of hydrogen-bond acceptors (Lipinski definition) is 6. The van der Waals surface area contributed by atoms with Gasteiger partial charge in [-0.2, -0.15) is 0 Å². The number of carboxylic acid groups (broad SMARTS) is 1. The van der Waals surface area contributed by atoms with Crippen molar-refractivity contribution in [2.45, 2.75) is 111 Å². The van der Waals surface area contributed by atoms with E-state index in [1.54, 1.807) is 0 Å². The van der Waals surface area contributed by atoms with Gasteiger partial charge < -0.3 is 14.6 Å². The molecule has 1 aliphatic rings. The van der Waals surface area contributed by atoms with E-state index in [2.05, 4.69) is 25.5 Å². The van der Waals surface area contributed by atoms with Crippen molar-refractivity contribution in [2.75, 3.05) is 19.8 Å². The van der Waals surface area contributed by atoms with E-state index in [0.717, 1.165) is 19.4 Å². The fraction of sp³-hybridized carbons (Fsp3) is 0.909. The maximum Gasteiger partial charge on any atom is 0.324 e. The predicted molar refractivity (Wildman–Crippen MR) is 124 cm³/mol. The van der Waals surface area contributed by atoms with Crippen LogP contribution in [0.15, 0.2) is 0 Å². The lowest BCUT2D eigenvalue weighted by atomic mass is 9.99. The average Bonchev–Trinajstić information content (AvgIpc) is 2.64. The minimum Gasteiger partial charge on any atom is -0.481 e. The first kappa shape index (κ1) is 32.9. The highest BCUT2D eigenvalue weighted by Crippen LogP contribution is 2.36. The van der Waals surface area contributed by atoms with Gasteiger partial charge in [0.2, 0.25) is 0 Å². The Bertz CT molecular complexity index is 391. The van der Waals surface area contributed by atoms with Gasteiger partial charge in [0.15, 0.2) is 0 Å². The topological polar surface area (TPSA) is 84.9 Å². The highest BCUT2D eigenvalue weighted by Gasteiger charge is 2.44. The number of carboxylic acids is 1. The monoisotopic (exact) mass is 437 g/mol. The van der Waals surface area contributed by atoms with Gasteiger partial charge in [0, 0.05) is 26.2 Å². The van der Waals surface area contributed by atoms with Crippen molar-refractivity contribution in [3.8, 4) is 0 Å². The average molecular weight is 438 g/mol. The highest BCUT2D eigenvalue weighted by molar-refractivity contribution is 7.99. The van der Waals surface area contributed by atoms with Crippen molar-refractivity contribution >= 4 is 23.9 Å². The van der Waals surface area contributed by atoms with Crippen molar-refractivity contribution in [3.05, 3.63) is 0 Å². The van der Waals surface area contributed by atoms with Crippen LogP contribution in [0.5, 0.6) is 0 Å². The molecule has 0 unspecified atom stereocenters. The third kappa shape index (κ3) is 20.3. The number of rotatable bonds is 7. The van der Waals surface area contributed by atoms with Gasteiger partial charge in [0.05, 0.1) is 0 Å². The van der Waals surface area contributed by atoms with Crippen LogP contribution in [-0.4, -0.2) is 47.2 Å². The lowest BCUT2D eigenvalue weighted by Crippen LogP contribution is -2.46. The number of hydrogen-bond donors (Lipinski definition) is 2. The molecular weight excluding hydrogens is 390 g/mol. The van der Waals surface area contributed by atoms with Crippen molar-refractivity contribution in [3.63, 3.8) is 0 Å². The van der Waals surface area contributed by atoms with Crippen molar-refractivity contribution in [1.29, 1.82) is 0 Å². The van der Waals surface area contributed by atoms with Crippen LogP contribution in [0, 0.1) is 0 Å². The van der Waals surface area contributed by atoms with Gasteiger partial charge in [-0.3, -0.25) is 14.3 Å². The largest absolute Gasteiger partial charge is 0.481 e. The summed E-state index contributed by atoms with van der Waals surface area (Å²) in [5.74, 6) is -0.829. The summed E-state index contributed by atoms with van der Waals surface area (Å²) >= 11 is 1.51. The zero-order valence-electron chi connectivity index (χ0n) is 20.4. The van der Waals surface area contributed by atoms with Crippen molar-refractivity contribution in [2.24, 2.45) is 0 Å². The van der Waals surface area contributed by atoms with Crippen molar-refractivity contribution < 1.29 is 24.2 Å². The zero-order valence-corrected chi connectivity index (χ0v) is 21.2. The molecule has 0 aromatic heterocycles. The Balaban J connectivity index is -0.000000512. The van der Waals surface area contributed by atoms with E-state index in [1.807, 2.05) is 41.5 Å². The summed E-state index contributed by atoms with van der Waals surface area (Å²) in [6, 6.07) is 0. The molecule has 176 valence electrons. The van der Waals surface area contributed by atoms with Gasteiger partial charge in [-0.15, -0.1) is 0 Å². The Hall–Kier alpha value is -0.790. The van der Waals surface area contributed by atoms with Crippen LogP contribution in [0.1, 0.15) is 101 Å². The third-order valence-electron chi connectivity index (χ3n) is 3.15. The Morgan fingerprint density at radius 1 is 1.07 bits per heavy atom. The number of esters is 1. The van der Waals surface area contributed by atoms with Crippen LogP contribution in [0.3, 0.4) is 0 Å². The Labute approximate surface area is 184 Å². The molecule has 0 radical (unpaired) electrons. The molecule has 1 aliphatic heterocycles. The molecule has 0 atom stereocenters. The number of carbonyl (C=O) groups excluding carboxylic acids is 1. The lowest BCUT2D eigenvalue weighted by molar-refractivity contribution is -0.160. The number of nitrogens with one attached hydrogen (secondary N) is 1. The first-order chi connectivity index (χ1) is 13.6. The smallest absolute Gasteiger partial charge is 0.324 e. The summed E-state index contributed by atoms with van der Waals surface area (Å²) in [4.78, 5) is 22.0. The molecule has 29 heavy (non-hydrogen) atoms. The lowest BCUT2D eigenvalue weighted by Gasteiger charge is -2.36. The molecule has 7 heteroatoms. The Morgan fingerprint density at radius 2 is 1.55 bits per heavy atom. The minimum absolute atomic E-state index is 0.119. The minimum atomic E-state index is -0.711. The third-order valence-corrected chi connectivity index (χ3v) is 4.47. The van der Waals surface area contributed by atoms with Crippen LogP contribution >= 0.6 is 11.9 Å². The molecule has 1 saturated heterocycles. The van der Waals surface area contributed by atoms with Gasteiger partial charge in [0.25, 0.3) is 0 Å². The molecule has 0 bridgehead atoms. The molecule has 0 saturated carbocycles. The summed E-state index contributed by atoms with van der Waals surface area (Å²) in [7, 11) is 0. The zero-order chi connectivity index (χ0) is 23.3. The van der Waals surface area contributed by atoms with Gasteiger partial charge >= 0.3 is 11.9 Å². The molecule has 0 aromatic rings. The Morgan fingerprint density at radius 3 is 1.86 bits per heavy atom. The predicted octanol–water partition coefficient (Wildman–Crippen LogP) is 5.84. The summed E-state index contributed by atoms with van der Waals surface area (Å²) in [5.41, 5.74) is -0.437. The van der Waals surface area contributed by atoms with E-state index >= 15 is 0 Å². The summed E-state index contributed by atoms with van der Waals surface area (Å²) in [6.45, 7) is 20.1. The second-order valence-corrected chi connectivity index (χ2v) is 8.73. The van der Waals surface area contributed by atoms with Crippen LogP contribution in [0.25, 0.3) is 0 Å². The maximum absolute atomic E-state index is 12.4. The first-order valence-electron chi connectivity index (χ1n) is 11.0. The van der Waals surface area contributed by atoms with Crippen LogP contribution in [0.2, 0.25) is 0 Å². The van der Waals surface area contributed by atoms with Gasteiger partial charge in [-0.05, 0) is 46.5 Å². The van der Waals surface area contributed by atoms with E-state index in [9.17, 15) is 9.59 Å². The van der Waals surface area contributed by atoms with E-state index in [1.165, 1.54) is 18.4 Å². The molecule has 6 nitrogen and oxygen atoms in total.